The Labute approximate surface area is 70.2 Å². The molecule has 0 saturated heterocycles. The first-order valence-electron chi connectivity index (χ1n) is 3.79. The predicted molar refractivity (Wildman–Crippen MR) is 48.9 cm³/mol. The van der Waals surface area contributed by atoms with Gasteiger partial charge >= 0.3 is 0 Å². The zero-order chi connectivity index (χ0) is 8.55. The summed E-state index contributed by atoms with van der Waals surface area (Å²) in [7, 11) is 1.84. The van der Waals surface area contributed by atoms with E-state index in [1.807, 2.05) is 30.1 Å². The monoisotopic (exact) mass is 162 g/mol. The molecule has 62 valence electrons. The second-order valence-electron chi connectivity index (χ2n) is 2.65. The van der Waals surface area contributed by atoms with E-state index in [0.29, 0.717) is 0 Å². The minimum absolute atomic E-state index is 0.290. The summed E-state index contributed by atoms with van der Waals surface area (Å²) in [6, 6.07) is 7.29. The topological polar surface area (TPSA) is 37.2 Å². The summed E-state index contributed by atoms with van der Waals surface area (Å²) in [6.45, 7) is 0. The van der Waals surface area contributed by atoms with E-state index in [1.165, 1.54) is 0 Å². The molecule has 0 fully saturated rings. The van der Waals surface area contributed by atoms with Gasteiger partial charge in [-0.25, -0.2) is 0 Å². The van der Waals surface area contributed by atoms with Crippen molar-refractivity contribution in [2.75, 3.05) is 12.5 Å². The molecule has 0 spiro atoms. The molecule has 3 heteroatoms. The summed E-state index contributed by atoms with van der Waals surface area (Å²) in [5, 5.41) is 10.3. The molecule has 2 aromatic rings. The fourth-order valence-corrected chi connectivity index (χ4v) is 1.31. The van der Waals surface area contributed by atoms with Crippen molar-refractivity contribution in [2.24, 2.45) is 0 Å². The van der Waals surface area contributed by atoms with Gasteiger partial charge in [0.2, 0.25) is 0 Å². The van der Waals surface area contributed by atoms with Crippen LogP contribution < -0.4 is 5.43 Å². The third kappa shape index (κ3) is 0.906. The van der Waals surface area contributed by atoms with E-state index in [4.69, 9.17) is 0 Å². The summed E-state index contributed by atoms with van der Waals surface area (Å²) in [6.07, 6.45) is 1.92. The average Bonchev–Trinajstić information content (AvgIpc) is 2.46. The highest BCUT2D eigenvalue weighted by Gasteiger charge is 1.99. The fourth-order valence-electron chi connectivity index (χ4n) is 1.31. The first kappa shape index (κ1) is 7.03. The van der Waals surface area contributed by atoms with Gasteiger partial charge in [-0.05, 0) is 18.2 Å². The smallest absolute Gasteiger partial charge is 0.117 e. The van der Waals surface area contributed by atoms with Crippen molar-refractivity contribution in [2.45, 2.75) is 0 Å². The van der Waals surface area contributed by atoms with Gasteiger partial charge in [0.05, 0.1) is 5.52 Å². The minimum Gasteiger partial charge on any atom is -0.508 e. The number of aromatic hydroxyl groups is 1. The number of nitrogens with zero attached hydrogens (tertiary/aromatic N) is 1. The van der Waals surface area contributed by atoms with Gasteiger partial charge in [0.15, 0.2) is 0 Å². The van der Waals surface area contributed by atoms with Crippen LogP contribution >= 0.6 is 0 Å². The van der Waals surface area contributed by atoms with Crippen LogP contribution in [0.15, 0.2) is 30.5 Å². The van der Waals surface area contributed by atoms with Crippen LogP contribution in [0.4, 0.5) is 0 Å². The van der Waals surface area contributed by atoms with Gasteiger partial charge < -0.3 is 10.5 Å². The Morgan fingerprint density at radius 2 is 2.17 bits per heavy atom. The number of phenolic OH excluding ortho intramolecular Hbond substituents is 1. The summed E-state index contributed by atoms with van der Waals surface area (Å²) >= 11 is 0. The second-order valence-corrected chi connectivity index (χ2v) is 2.65. The summed E-state index contributed by atoms with van der Waals surface area (Å²) < 4.78 is 1.86. The highest BCUT2D eigenvalue weighted by Crippen LogP contribution is 2.19. The molecule has 0 atom stereocenters. The molecule has 1 heterocycles. The van der Waals surface area contributed by atoms with E-state index in [9.17, 15) is 5.11 Å². The molecule has 0 saturated carbocycles. The standard InChI is InChI=1S/C9H10N2O/c1-10-11-5-4-7-2-3-8(12)6-9(7)11/h2-6,10,12H,1H3. The van der Waals surface area contributed by atoms with Crippen molar-refractivity contribution in [3.05, 3.63) is 30.5 Å². The van der Waals surface area contributed by atoms with Crippen LogP contribution in [0.2, 0.25) is 0 Å². The van der Waals surface area contributed by atoms with E-state index in [1.54, 1.807) is 12.1 Å². The van der Waals surface area contributed by atoms with Crippen molar-refractivity contribution in [1.29, 1.82) is 0 Å². The number of benzene rings is 1. The number of fused-ring (bicyclic) bond motifs is 1. The van der Waals surface area contributed by atoms with Crippen LogP contribution in [0.5, 0.6) is 5.75 Å². The molecule has 2 rings (SSSR count). The third-order valence-electron chi connectivity index (χ3n) is 1.92. The Kier molecular flexibility index (Phi) is 1.43. The molecule has 1 aromatic carbocycles. The first-order chi connectivity index (χ1) is 5.81. The first-order valence-corrected chi connectivity index (χ1v) is 3.79. The Hall–Kier alpha value is -1.64. The Morgan fingerprint density at radius 3 is 2.92 bits per heavy atom. The molecule has 0 amide bonds. The Bertz CT molecular complexity index is 406. The largest absolute Gasteiger partial charge is 0.508 e. The third-order valence-corrected chi connectivity index (χ3v) is 1.92. The van der Waals surface area contributed by atoms with Crippen molar-refractivity contribution in [1.82, 2.24) is 4.68 Å². The van der Waals surface area contributed by atoms with Gasteiger partial charge in [-0.2, -0.15) is 0 Å². The van der Waals surface area contributed by atoms with Crippen molar-refractivity contribution >= 4 is 10.9 Å². The molecular formula is C9H10N2O. The number of phenols is 1. The van der Waals surface area contributed by atoms with Gasteiger partial charge in [-0.3, -0.25) is 4.68 Å². The normalized spacial score (nSPS) is 10.4. The van der Waals surface area contributed by atoms with E-state index in [0.717, 1.165) is 10.9 Å². The van der Waals surface area contributed by atoms with Crippen LogP contribution in [0.25, 0.3) is 10.9 Å². The molecule has 0 bridgehead atoms. The lowest BCUT2D eigenvalue weighted by Crippen LogP contribution is -2.05. The number of rotatable bonds is 1. The lowest BCUT2D eigenvalue weighted by atomic mass is 10.2. The highest BCUT2D eigenvalue weighted by molar-refractivity contribution is 5.81. The average molecular weight is 162 g/mol. The quantitative estimate of drug-likeness (QED) is 0.667. The lowest BCUT2D eigenvalue weighted by Gasteiger charge is -2.02. The molecule has 0 aliphatic heterocycles. The molecule has 0 radical (unpaired) electrons. The maximum atomic E-state index is 9.23. The van der Waals surface area contributed by atoms with Gasteiger partial charge in [-0.1, -0.05) is 0 Å². The van der Waals surface area contributed by atoms with E-state index >= 15 is 0 Å². The van der Waals surface area contributed by atoms with Crippen LogP contribution in [-0.2, 0) is 0 Å². The number of hydrogen-bond donors (Lipinski definition) is 2. The summed E-state index contributed by atoms with van der Waals surface area (Å²) in [5.41, 5.74) is 3.97. The van der Waals surface area contributed by atoms with Crippen molar-refractivity contribution in [3.63, 3.8) is 0 Å². The van der Waals surface area contributed by atoms with Gasteiger partial charge in [0.25, 0.3) is 0 Å². The molecule has 0 aliphatic carbocycles. The highest BCUT2D eigenvalue weighted by atomic mass is 16.3. The van der Waals surface area contributed by atoms with Gasteiger partial charge in [0, 0.05) is 24.7 Å². The minimum atomic E-state index is 0.290. The van der Waals surface area contributed by atoms with Crippen molar-refractivity contribution < 1.29 is 5.11 Å². The lowest BCUT2D eigenvalue weighted by molar-refractivity contribution is 0.476. The zero-order valence-corrected chi connectivity index (χ0v) is 6.78. The summed E-state index contributed by atoms with van der Waals surface area (Å²) in [4.78, 5) is 0. The molecule has 0 unspecified atom stereocenters. The second kappa shape index (κ2) is 2.44. The molecule has 12 heavy (non-hydrogen) atoms. The molecule has 1 aromatic heterocycles. The van der Waals surface area contributed by atoms with Crippen LogP contribution in [0.1, 0.15) is 0 Å². The van der Waals surface area contributed by atoms with E-state index in [-0.39, 0.29) is 5.75 Å². The van der Waals surface area contributed by atoms with Crippen LogP contribution in [0, 0.1) is 0 Å². The maximum Gasteiger partial charge on any atom is 0.117 e. The maximum absolute atomic E-state index is 9.23. The number of aromatic nitrogens is 1. The zero-order valence-electron chi connectivity index (χ0n) is 6.78. The number of hydrogen-bond acceptors (Lipinski definition) is 2. The predicted octanol–water partition coefficient (Wildman–Crippen LogP) is 1.52. The SMILES string of the molecule is CNn1ccc2ccc(O)cc21. The molecule has 0 aliphatic rings. The Balaban J connectivity index is 2.75. The number of nitrogens with one attached hydrogen (secondary N) is 1. The van der Waals surface area contributed by atoms with E-state index in [2.05, 4.69) is 5.43 Å². The van der Waals surface area contributed by atoms with Crippen molar-refractivity contribution in [3.8, 4) is 5.75 Å². The Morgan fingerprint density at radius 1 is 1.33 bits per heavy atom. The summed E-state index contributed by atoms with van der Waals surface area (Å²) in [5.74, 6) is 0.290. The van der Waals surface area contributed by atoms with Crippen LogP contribution in [-0.4, -0.2) is 16.8 Å². The molecule has 2 N–H and O–H groups in total. The fraction of sp³-hybridized carbons (Fsp3) is 0.111. The van der Waals surface area contributed by atoms with Gasteiger partial charge in [0.1, 0.15) is 5.75 Å². The molecule has 3 nitrogen and oxygen atoms in total. The molecular weight excluding hydrogens is 152 g/mol. The van der Waals surface area contributed by atoms with E-state index < -0.39 is 0 Å². The van der Waals surface area contributed by atoms with Gasteiger partial charge in [-0.15, -0.1) is 0 Å². The van der Waals surface area contributed by atoms with Crippen LogP contribution in [0.3, 0.4) is 0 Å².